The lowest BCUT2D eigenvalue weighted by Crippen LogP contribution is -2.35. The van der Waals surface area contributed by atoms with E-state index in [1.54, 1.807) is 0 Å². The van der Waals surface area contributed by atoms with E-state index in [9.17, 15) is 13.2 Å². The molecule has 1 aromatic rings. The smallest absolute Gasteiger partial charge is 0.221 e. The van der Waals surface area contributed by atoms with Crippen LogP contribution < -0.4 is 5.32 Å². The van der Waals surface area contributed by atoms with Gasteiger partial charge in [-0.15, -0.1) is 6.58 Å². The van der Waals surface area contributed by atoms with Crippen molar-refractivity contribution in [2.24, 2.45) is 0 Å². The summed E-state index contributed by atoms with van der Waals surface area (Å²) in [7, 11) is -3.32. The zero-order chi connectivity index (χ0) is 15.9. The SMILES string of the molecule is C=CCN(CCC(=O)NC(C)c1ccccc1)S(C)(=O)=O. The van der Waals surface area contributed by atoms with Crippen LogP contribution in [0.3, 0.4) is 0 Å². The first kappa shape index (κ1) is 17.4. The van der Waals surface area contributed by atoms with Gasteiger partial charge >= 0.3 is 0 Å². The van der Waals surface area contributed by atoms with Crippen molar-refractivity contribution in [3.05, 3.63) is 48.6 Å². The number of carbonyl (C=O) groups excluding carboxylic acids is 1. The number of rotatable bonds is 8. The largest absolute Gasteiger partial charge is 0.350 e. The van der Waals surface area contributed by atoms with Crippen LogP contribution in [0.2, 0.25) is 0 Å². The standard InChI is InChI=1S/C15H22N2O3S/c1-4-11-17(21(3,19)20)12-10-15(18)16-13(2)14-8-6-5-7-9-14/h4-9,13H,1,10-12H2,2-3H3,(H,16,18). The molecule has 1 unspecified atom stereocenters. The van der Waals surface area contributed by atoms with Gasteiger partial charge in [-0.1, -0.05) is 36.4 Å². The van der Waals surface area contributed by atoms with Gasteiger partial charge in [-0.05, 0) is 12.5 Å². The minimum atomic E-state index is -3.32. The number of amides is 1. The van der Waals surface area contributed by atoms with Crippen molar-refractivity contribution in [2.75, 3.05) is 19.3 Å². The Hall–Kier alpha value is -1.66. The first-order chi connectivity index (χ1) is 9.84. The van der Waals surface area contributed by atoms with E-state index in [4.69, 9.17) is 0 Å². The number of benzene rings is 1. The molecule has 0 bridgehead atoms. The van der Waals surface area contributed by atoms with Gasteiger partial charge in [-0.3, -0.25) is 4.79 Å². The summed E-state index contributed by atoms with van der Waals surface area (Å²) in [4.78, 5) is 11.9. The Morgan fingerprint density at radius 3 is 2.52 bits per heavy atom. The van der Waals surface area contributed by atoms with Crippen LogP contribution in [0.15, 0.2) is 43.0 Å². The van der Waals surface area contributed by atoms with Gasteiger partial charge in [0.15, 0.2) is 0 Å². The highest BCUT2D eigenvalue weighted by Crippen LogP contribution is 2.11. The molecule has 5 nitrogen and oxygen atoms in total. The molecule has 0 spiro atoms. The molecule has 0 radical (unpaired) electrons. The molecular formula is C15H22N2O3S. The van der Waals surface area contributed by atoms with Gasteiger partial charge in [0.1, 0.15) is 0 Å². The molecule has 6 heteroatoms. The topological polar surface area (TPSA) is 66.5 Å². The maximum atomic E-state index is 11.9. The van der Waals surface area contributed by atoms with Gasteiger partial charge in [-0.25, -0.2) is 8.42 Å². The zero-order valence-corrected chi connectivity index (χ0v) is 13.3. The number of hydrogen-bond acceptors (Lipinski definition) is 3. The lowest BCUT2D eigenvalue weighted by molar-refractivity contribution is -0.121. The Balaban J connectivity index is 2.52. The predicted octanol–water partition coefficient (Wildman–Crippen LogP) is 1.70. The molecule has 0 saturated heterocycles. The Morgan fingerprint density at radius 1 is 1.38 bits per heavy atom. The van der Waals surface area contributed by atoms with Crippen LogP contribution in [0.4, 0.5) is 0 Å². The average molecular weight is 310 g/mol. The number of nitrogens with zero attached hydrogens (tertiary/aromatic N) is 1. The quantitative estimate of drug-likeness (QED) is 0.743. The van der Waals surface area contributed by atoms with Crippen LogP contribution in [0.25, 0.3) is 0 Å². The summed E-state index contributed by atoms with van der Waals surface area (Å²) in [6.45, 7) is 5.78. The molecular weight excluding hydrogens is 288 g/mol. The summed E-state index contributed by atoms with van der Waals surface area (Å²) in [5.41, 5.74) is 1.01. The van der Waals surface area contributed by atoms with Crippen molar-refractivity contribution >= 4 is 15.9 Å². The Morgan fingerprint density at radius 2 is 2.00 bits per heavy atom. The van der Waals surface area contributed by atoms with Gasteiger partial charge in [-0.2, -0.15) is 4.31 Å². The molecule has 0 aromatic heterocycles. The highest BCUT2D eigenvalue weighted by Gasteiger charge is 2.17. The van der Waals surface area contributed by atoms with E-state index in [1.807, 2.05) is 37.3 Å². The first-order valence-electron chi connectivity index (χ1n) is 6.75. The monoisotopic (exact) mass is 310 g/mol. The lowest BCUT2D eigenvalue weighted by Gasteiger charge is -2.19. The summed E-state index contributed by atoms with van der Waals surface area (Å²) >= 11 is 0. The highest BCUT2D eigenvalue weighted by atomic mass is 32.2. The average Bonchev–Trinajstić information content (AvgIpc) is 2.43. The molecule has 0 aliphatic heterocycles. The number of sulfonamides is 1. The zero-order valence-electron chi connectivity index (χ0n) is 12.5. The summed E-state index contributed by atoms with van der Waals surface area (Å²) < 4.78 is 24.3. The second-order valence-corrected chi connectivity index (χ2v) is 6.84. The molecule has 1 rings (SSSR count). The fourth-order valence-corrected chi connectivity index (χ4v) is 2.70. The summed E-state index contributed by atoms with van der Waals surface area (Å²) in [5.74, 6) is -0.177. The lowest BCUT2D eigenvalue weighted by atomic mass is 10.1. The van der Waals surface area contributed by atoms with Crippen LogP contribution in [-0.2, 0) is 14.8 Å². The number of carbonyl (C=O) groups is 1. The third-order valence-corrected chi connectivity index (χ3v) is 4.34. The molecule has 0 saturated carbocycles. The molecule has 116 valence electrons. The van der Waals surface area contributed by atoms with Crippen molar-refractivity contribution in [3.63, 3.8) is 0 Å². The summed E-state index contributed by atoms with van der Waals surface area (Å²) in [5, 5.41) is 2.86. The summed E-state index contributed by atoms with van der Waals surface area (Å²) in [6, 6.07) is 9.50. The van der Waals surface area contributed by atoms with Gasteiger partial charge in [0.25, 0.3) is 0 Å². The fraction of sp³-hybridized carbons (Fsp3) is 0.400. The first-order valence-corrected chi connectivity index (χ1v) is 8.59. The minimum absolute atomic E-state index is 0.107. The van der Waals surface area contributed by atoms with Gasteiger partial charge in [0, 0.05) is 19.5 Å². The van der Waals surface area contributed by atoms with Gasteiger partial charge in [0.2, 0.25) is 15.9 Å². The second kappa shape index (κ2) is 7.95. The van der Waals surface area contributed by atoms with E-state index in [1.165, 1.54) is 10.4 Å². The molecule has 0 fully saturated rings. The third kappa shape index (κ3) is 6.10. The molecule has 0 aliphatic rings. The summed E-state index contributed by atoms with van der Waals surface area (Å²) in [6.07, 6.45) is 2.75. The molecule has 1 aromatic carbocycles. The van der Waals surface area contributed by atoms with E-state index in [0.717, 1.165) is 11.8 Å². The van der Waals surface area contributed by atoms with Gasteiger partial charge < -0.3 is 5.32 Å². The van der Waals surface area contributed by atoms with Crippen molar-refractivity contribution in [1.82, 2.24) is 9.62 Å². The molecule has 21 heavy (non-hydrogen) atoms. The minimum Gasteiger partial charge on any atom is -0.350 e. The molecule has 0 aliphatic carbocycles. The Labute approximate surface area is 126 Å². The number of hydrogen-bond donors (Lipinski definition) is 1. The second-order valence-electron chi connectivity index (χ2n) is 4.86. The van der Waals surface area contributed by atoms with Crippen molar-refractivity contribution in [1.29, 1.82) is 0 Å². The van der Waals surface area contributed by atoms with Crippen LogP contribution in [0.1, 0.15) is 24.9 Å². The predicted molar refractivity (Wildman–Crippen MR) is 84.2 cm³/mol. The van der Waals surface area contributed by atoms with Crippen LogP contribution in [0.5, 0.6) is 0 Å². The number of nitrogens with one attached hydrogen (secondary N) is 1. The van der Waals surface area contributed by atoms with Gasteiger partial charge in [0.05, 0.1) is 12.3 Å². The van der Waals surface area contributed by atoms with E-state index >= 15 is 0 Å². The highest BCUT2D eigenvalue weighted by molar-refractivity contribution is 7.88. The molecule has 0 heterocycles. The van der Waals surface area contributed by atoms with Crippen LogP contribution in [0, 0.1) is 0 Å². The fourth-order valence-electron chi connectivity index (χ4n) is 1.90. The van der Waals surface area contributed by atoms with Crippen LogP contribution >= 0.6 is 0 Å². The Kier molecular flexibility index (Phi) is 6.58. The Bertz CT molecular complexity index is 570. The van der Waals surface area contributed by atoms with Crippen molar-refractivity contribution in [3.8, 4) is 0 Å². The molecule has 1 N–H and O–H groups in total. The van der Waals surface area contributed by atoms with Crippen molar-refractivity contribution < 1.29 is 13.2 Å². The molecule has 1 atom stereocenters. The maximum absolute atomic E-state index is 11.9. The van der Waals surface area contributed by atoms with E-state index in [2.05, 4.69) is 11.9 Å². The van der Waals surface area contributed by atoms with Crippen molar-refractivity contribution in [2.45, 2.75) is 19.4 Å². The van der Waals surface area contributed by atoms with Crippen LogP contribution in [-0.4, -0.2) is 38.0 Å². The maximum Gasteiger partial charge on any atom is 0.221 e. The third-order valence-electron chi connectivity index (χ3n) is 3.07. The van der Waals surface area contributed by atoms with E-state index in [-0.39, 0.29) is 31.5 Å². The normalized spacial score (nSPS) is 12.9. The van der Waals surface area contributed by atoms with E-state index in [0.29, 0.717) is 0 Å². The molecule has 1 amide bonds. The van der Waals surface area contributed by atoms with E-state index < -0.39 is 10.0 Å².